The van der Waals surface area contributed by atoms with Crippen molar-refractivity contribution < 1.29 is 19.1 Å². The number of methoxy groups -OCH3 is 1. The quantitative estimate of drug-likeness (QED) is 0.793. The van der Waals surface area contributed by atoms with Gasteiger partial charge in [0.2, 0.25) is 0 Å². The van der Waals surface area contributed by atoms with E-state index in [0.717, 1.165) is 16.8 Å². The molecule has 0 aliphatic carbocycles. The van der Waals surface area contributed by atoms with Gasteiger partial charge in [0.15, 0.2) is 5.58 Å². The number of aliphatic hydroxyl groups excluding tert-OH is 1. The lowest BCUT2D eigenvalue weighted by Crippen LogP contribution is -2.58. The molecule has 4 rings (SSSR count). The van der Waals surface area contributed by atoms with Crippen LogP contribution in [0.4, 0.5) is 0 Å². The van der Waals surface area contributed by atoms with Gasteiger partial charge in [-0.1, -0.05) is 12.1 Å². The van der Waals surface area contributed by atoms with Crippen molar-refractivity contribution in [3.63, 3.8) is 0 Å². The lowest BCUT2D eigenvalue weighted by molar-refractivity contribution is 0.0100. The molecule has 1 unspecified atom stereocenters. The molecule has 0 fully saturated rings. The SMILES string of the molecule is COc1ccc(CN2C(=O)c3cc4occc4n3CC2(C)CO)cc1. The number of fused-ring (bicyclic) bond motifs is 3. The van der Waals surface area contributed by atoms with Gasteiger partial charge < -0.3 is 23.7 Å². The number of aromatic nitrogens is 1. The zero-order chi connectivity index (χ0) is 17.6. The van der Waals surface area contributed by atoms with E-state index in [-0.39, 0.29) is 12.5 Å². The lowest BCUT2D eigenvalue weighted by atomic mass is 9.96. The Kier molecular flexibility index (Phi) is 3.58. The number of carbonyl (C=O) groups excluding carboxylic acids is 1. The van der Waals surface area contributed by atoms with E-state index in [1.54, 1.807) is 24.3 Å². The van der Waals surface area contributed by atoms with Crippen LogP contribution in [0.3, 0.4) is 0 Å². The molecule has 0 saturated carbocycles. The summed E-state index contributed by atoms with van der Waals surface area (Å²) in [5, 5.41) is 10.0. The van der Waals surface area contributed by atoms with E-state index >= 15 is 0 Å². The van der Waals surface area contributed by atoms with Gasteiger partial charge in [-0.3, -0.25) is 4.79 Å². The number of benzene rings is 1. The monoisotopic (exact) mass is 340 g/mol. The zero-order valence-electron chi connectivity index (χ0n) is 14.2. The molecule has 0 saturated heterocycles. The molecule has 1 aliphatic rings. The van der Waals surface area contributed by atoms with Crippen LogP contribution in [-0.2, 0) is 13.1 Å². The summed E-state index contributed by atoms with van der Waals surface area (Å²) in [5.74, 6) is 0.665. The highest BCUT2D eigenvalue weighted by Crippen LogP contribution is 2.33. The number of amides is 1. The maximum atomic E-state index is 13.1. The van der Waals surface area contributed by atoms with Crippen LogP contribution in [0.1, 0.15) is 23.0 Å². The number of rotatable bonds is 4. The highest BCUT2D eigenvalue weighted by Gasteiger charge is 2.42. The van der Waals surface area contributed by atoms with Crippen LogP contribution >= 0.6 is 0 Å². The van der Waals surface area contributed by atoms with Crippen molar-refractivity contribution in [2.75, 3.05) is 13.7 Å². The second-order valence-electron chi connectivity index (χ2n) is 6.68. The Morgan fingerprint density at radius 1 is 1.28 bits per heavy atom. The van der Waals surface area contributed by atoms with E-state index in [0.29, 0.717) is 24.4 Å². The molecular formula is C19H20N2O4. The summed E-state index contributed by atoms with van der Waals surface area (Å²) < 4.78 is 12.5. The Bertz CT molecular complexity index is 925. The van der Waals surface area contributed by atoms with E-state index < -0.39 is 5.54 Å². The zero-order valence-corrected chi connectivity index (χ0v) is 14.2. The molecule has 0 radical (unpaired) electrons. The fourth-order valence-electron chi connectivity index (χ4n) is 3.45. The molecule has 2 aromatic heterocycles. The van der Waals surface area contributed by atoms with E-state index in [1.165, 1.54) is 0 Å². The van der Waals surface area contributed by atoms with Crippen LogP contribution in [0.25, 0.3) is 11.1 Å². The third-order valence-electron chi connectivity index (χ3n) is 4.98. The third kappa shape index (κ3) is 2.41. The first-order valence-corrected chi connectivity index (χ1v) is 8.18. The van der Waals surface area contributed by atoms with E-state index in [1.807, 2.05) is 41.8 Å². The maximum Gasteiger partial charge on any atom is 0.271 e. The predicted octanol–water partition coefficient (Wildman–Crippen LogP) is 2.65. The van der Waals surface area contributed by atoms with Crippen LogP contribution in [0.15, 0.2) is 47.1 Å². The van der Waals surface area contributed by atoms with Crippen LogP contribution in [-0.4, -0.2) is 39.7 Å². The van der Waals surface area contributed by atoms with Gasteiger partial charge in [-0.05, 0) is 24.6 Å². The van der Waals surface area contributed by atoms with Crippen molar-refractivity contribution in [3.8, 4) is 5.75 Å². The second-order valence-corrected chi connectivity index (χ2v) is 6.68. The molecule has 1 N–H and O–H groups in total. The normalized spacial score (nSPS) is 20.1. The highest BCUT2D eigenvalue weighted by molar-refractivity contribution is 5.98. The molecule has 1 aliphatic heterocycles. The molecule has 0 bridgehead atoms. The number of hydrogen-bond acceptors (Lipinski definition) is 4. The Labute approximate surface area is 145 Å². The van der Waals surface area contributed by atoms with Crippen LogP contribution in [0, 0.1) is 0 Å². The summed E-state index contributed by atoms with van der Waals surface area (Å²) in [7, 11) is 1.62. The summed E-state index contributed by atoms with van der Waals surface area (Å²) in [6, 6.07) is 11.2. The first-order valence-electron chi connectivity index (χ1n) is 8.18. The molecule has 1 atom stereocenters. The predicted molar refractivity (Wildman–Crippen MR) is 92.6 cm³/mol. The number of carbonyl (C=O) groups is 1. The van der Waals surface area contributed by atoms with E-state index in [9.17, 15) is 9.90 Å². The first-order chi connectivity index (χ1) is 12.1. The fraction of sp³-hybridized carbons (Fsp3) is 0.316. The molecular weight excluding hydrogens is 320 g/mol. The maximum absolute atomic E-state index is 13.1. The number of nitrogens with zero attached hydrogens (tertiary/aromatic N) is 2. The second kappa shape index (κ2) is 5.67. The van der Waals surface area contributed by atoms with Crippen molar-refractivity contribution >= 4 is 17.0 Å². The van der Waals surface area contributed by atoms with Crippen LogP contribution in [0.2, 0.25) is 0 Å². The van der Waals surface area contributed by atoms with E-state index in [4.69, 9.17) is 9.15 Å². The Hall–Kier alpha value is -2.73. The van der Waals surface area contributed by atoms with Gasteiger partial charge in [0.25, 0.3) is 5.91 Å². The molecule has 130 valence electrons. The van der Waals surface area contributed by atoms with Gasteiger partial charge in [0, 0.05) is 25.2 Å². The summed E-state index contributed by atoms with van der Waals surface area (Å²) >= 11 is 0. The molecule has 0 spiro atoms. The average molecular weight is 340 g/mol. The van der Waals surface area contributed by atoms with Crippen LogP contribution in [0.5, 0.6) is 5.75 Å². The summed E-state index contributed by atoms with van der Waals surface area (Å²) in [5.41, 5.74) is 2.46. The summed E-state index contributed by atoms with van der Waals surface area (Å²) in [4.78, 5) is 14.9. The largest absolute Gasteiger partial charge is 0.497 e. The molecule has 6 nitrogen and oxygen atoms in total. The number of hydrogen-bond donors (Lipinski definition) is 1. The average Bonchev–Trinajstić information content (AvgIpc) is 3.21. The van der Waals surface area contributed by atoms with Crippen molar-refractivity contribution in [3.05, 3.63) is 53.9 Å². The minimum atomic E-state index is -0.687. The van der Waals surface area contributed by atoms with Crippen molar-refractivity contribution in [1.29, 1.82) is 0 Å². The van der Waals surface area contributed by atoms with E-state index in [2.05, 4.69) is 0 Å². The number of ether oxygens (including phenoxy) is 1. The standard InChI is InChI=1S/C19H20N2O4/c1-19(12-22)11-20-15-7-8-25-17(15)9-16(20)18(23)21(19)10-13-3-5-14(24-2)6-4-13/h3-9,22H,10-12H2,1-2H3. The van der Waals surface area contributed by atoms with Crippen LogP contribution < -0.4 is 4.74 Å². The van der Waals surface area contributed by atoms with Crippen molar-refractivity contribution in [1.82, 2.24) is 9.47 Å². The topological polar surface area (TPSA) is 67.8 Å². The molecule has 25 heavy (non-hydrogen) atoms. The van der Waals surface area contributed by atoms with Gasteiger partial charge in [0.05, 0.1) is 31.0 Å². The van der Waals surface area contributed by atoms with Gasteiger partial charge >= 0.3 is 0 Å². The molecule has 3 aromatic rings. The van der Waals surface area contributed by atoms with Gasteiger partial charge in [-0.25, -0.2) is 0 Å². The highest BCUT2D eigenvalue weighted by atomic mass is 16.5. The number of aliphatic hydroxyl groups is 1. The minimum absolute atomic E-state index is 0.106. The molecule has 1 aromatic carbocycles. The van der Waals surface area contributed by atoms with Crippen molar-refractivity contribution in [2.24, 2.45) is 0 Å². The fourth-order valence-corrected chi connectivity index (χ4v) is 3.45. The third-order valence-corrected chi connectivity index (χ3v) is 4.98. The minimum Gasteiger partial charge on any atom is -0.497 e. The summed E-state index contributed by atoms with van der Waals surface area (Å²) in [6.45, 7) is 2.73. The smallest absolute Gasteiger partial charge is 0.271 e. The molecule has 1 amide bonds. The number of furan rings is 1. The molecule has 3 heterocycles. The summed E-state index contributed by atoms with van der Waals surface area (Å²) in [6.07, 6.45) is 1.61. The molecule has 6 heteroatoms. The van der Waals surface area contributed by atoms with Crippen molar-refractivity contribution in [2.45, 2.75) is 25.6 Å². The van der Waals surface area contributed by atoms with Gasteiger partial charge in [0.1, 0.15) is 11.4 Å². The first kappa shape index (κ1) is 15.8. The Balaban J connectivity index is 1.72. The lowest BCUT2D eigenvalue weighted by Gasteiger charge is -2.44. The Morgan fingerprint density at radius 3 is 2.72 bits per heavy atom. The Morgan fingerprint density at radius 2 is 2.04 bits per heavy atom. The van der Waals surface area contributed by atoms with Gasteiger partial charge in [-0.2, -0.15) is 0 Å². The van der Waals surface area contributed by atoms with Gasteiger partial charge in [-0.15, -0.1) is 0 Å².